The van der Waals surface area contributed by atoms with Crippen LogP contribution in [0.2, 0.25) is 0 Å². The van der Waals surface area contributed by atoms with Crippen molar-refractivity contribution in [2.24, 2.45) is 0 Å². The first-order valence-corrected chi connectivity index (χ1v) is 7.86. The Labute approximate surface area is 124 Å². The summed E-state index contributed by atoms with van der Waals surface area (Å²) in [4.78, 5) is 10.6. The second kappa shape index (κ2) is 7.70. The number of hydrogen-bond donors (Lipinski definition) is 0. The minimum Gasteiger partial charge on any atom is -0.378 e. The molecule has 1 aliphatic rings. The second-order valence-corrected chi connectivity index (χ2v) is 6.12. The molecule has 0 N–H and O–H groups in total. The molecule has 20 heavy (non-hydrogen) atoms. The maximum absolute atomic E-state index is 8.87. The zero-order valence-corrected chi connectivity index (χ0v) is 13.1. The first-order chi connectivity index (χ1) is 9.76. The highest BCUT2D eigenvalue weighted by atomic mass is 32.1. The van der Waals surface area contributed by atoms with Crippen molar-refractivity contribution in [2.75, 3.05) is 39.8 Å². The van der Waals surface area contributed by atoms with Crippen LogP contribution in [-0.2, 0) is 24.3 Å². The van der Waals surface area contributed by atoms with Crippen molar-refractivity contribution in [3.05, 3.63) is 15.6 Å². The normalized spacial score (nSPS) is 17.2. The number of likely N-dealkylation sites (N-methyl/N-ethyl adjacent to an activating group) is 1. The second-order valence-electron chi connectivity index (χ2n) is 4.96. The van der Waals surface area contributed by atoms with Crippen LogP contribution in [0.1, 0.15) is 22.5 Å². The standard InChI is InChI=1S/C14H22N4OS/c1-3-17-6-8-18(9-7-17)10-14-16-12(11-19-2)13(20-14)4-5-15/h3-4,6-11H2,1-2H3. The summed E-state index contributed by atoms with van der Waals surface area (Å²) < 4.78 is 5.16. The summed E-state index contributed by atoms with van der Waals surface area (Å²) in [6.07, 6.45) is 0.431. The fraction of sp³-hybridized carbons (Fsp3) is 0.714. The van der Waals surface area contributed by atoms with Crippen molar-refractivity contribution in [3.63, 3.8) is 0 Å². The molecular weight excluding hydrogens is 272 g/mol. The van der Waals surface area contributed by atoms with Gasteiger partial charge in [0.2, 0.25) is 0 Å². The number of thiazole rings is 1. The summed E-state index contributed by atoms with van der Waals surface area (Å²) in [5.41, 5.74) is 0.932. The molecule has 0 bridgehead atoms. The highest BCUT2D eigenvalue weighted by molar-refractivity contribution is 7.11. The quantitative estimate of drug-likeness (QED) is 0.796. The van der Waals surface area contributed by atoms with Gasteiger partial charge in [0.05, 0.1) is 31.3 Å². The molecule has 0 saturated carbocycles. The van der Waals surface area contributed by atoms with Gasteiger partial charge in [0.25, 0.3) is 0 Å². The Morgan fingerprint density at radius 1 is 1.30 bits per heavy atom. The number of aromatic nitrogens is 1. The molecule has 1 aromatic heterocycles. The van der Waals surface area contributed by atoms with Crippen LogP contribution >= 0.6 is 11.3 Å². The number of ether oxygens (including phenoxy) is 1. The van der Waals surface area contributed by atoms with E-state index in [4.69, 9.17) is 10.00 Å². The van der Waals surface area contributed by atoms with Gasteiger partial charge in [-0.2, -0.15) is 5.26 Å². The van der Waals surface area contributed by atoms with Gasteiger partial charge >= 0.3 is 0 Å². The molecule has 2 heterocycles. The Morgan fingerprint density at radius 2 is 2.00 bits per heavy atom. The van der Waals surface area contributed by atoms with E-state index in [1.807, 2.05) is 0 Å². The van der Waals surface area contributed by atoms with E-state index in [1.54, 1.807) is 18.4 Å². The van der Waals surface area contributed by atoms with Crippen LogP contribution in [0.5, 0.6) is 0 Å². The molecule has 6 heteroatoms. The van der Waals surface area contributed by atoms with Crippen LogP contribution in [0.25, 0.3) is 0 Å². The molecule has 110 valence electrons. The van der Waals surface area contributed by atoms with Crippen molar-refractivity contribution >= 4 is 11.3 Å². The lowest BCUT2D eigenvalue weighted by molar-refractivity contribution is 0.131. The molecule has 2 rings (SSSR count). The Morgan fingerprint density at radius 3 is 2.60 bits per heavy atom. The lowest BCUT2D eigenvalue weighted by Gasteiger charge is -2.33. The van der Waals surface area contributed by atoms with E-state index in [9.17, 15) is 0 Å². The largest absolute Gasteiger partial charge is 0.378 e. The van der Waals surface area contributed by atoms with Gasteiger partial charge in [-0.1, -0.05) is 6.92 Å². The van der Waals surface area contributed by atoms with E-state index < -0.39 is 0 Å². The fourth-order valence-electron chi connectivity index (χ4n) is 2.42. The number of nitriles is 1. The zero-order valence-electron chi connectivity index (χ0n) is 12.3. The summed E-state index contributed by atoms with van der Waals surface area (Å²) in [5, 5.41) is 9.98. The van der Waals surface area contributed by atoms with Crippen LogP contribution in [0.3, 0.4) is 0 Å². The lowest BCUT2D eigenvalue weighted by Crippen LogP contribution is -2.45. The van der Waals surface area contributed by atoms with Crippen molar-refractivity contribution in [1.82, 2.24) is 14.8 Å². The molecular formula is C14H22N4OS. The average molecular weight is 294 g/mol. The number of methoxy groups -OCH3 is 1. The Balaban J connectivity index is 1.96. The number of hydrogen-bond acceptors (Lipinski definition) is 6. The highest BCUT2D eigenvalue weighted by Crippen LogP contribution is 2.21. The fourth-order valence-corrected chi connectivity index (χ4v) is 3.47. The van der Waals surface area contributed by atoms with E-state index in [0.29, 0.717) is 13.0 Å². The van der Waals surface area contributed by atoms with Gasteiger partial charge in [-0.05, 0) is 6.54 Å². The summed E-state index contributed by atoms with van der Waals surface area (Å²) in [6, 6.07) is 2.21. The van der Waals surface area contributed by atoms with Gasteiger partial charge in [0.1, 0.15) is 5.01 Å². The summed E-state index contributed by atoms with van der Waals surface area (Å²) in [6.45, 7) is 9.20. The van der Waals surface area contributed by atoms with Crippen LogP contribution in [-0.4, -0.2) is 54.6 Å². The molecule has 1 fully saturated rings. The molecule has 1 aliphatic heterocycles. The third-order valence-electron chi connectivity index (χ3n) is 3.61. The Bertz CT molecular complexity index is 460. The van der Waals surface area contributed by atoms with Crippen molar-refractivity contribution in [2.45, 2.75) is 26.5 Å². The first kappa shape index (κ1) is 15.4. The van der Waals surface area contributed by atoms with E-state index in [-0.39, 0.29) is 0 Å². The highest BCUT2D eigenvalue weighted by Gasteiger charge is 2.18. The molecule has 0 aromatic carbocycles. The average Bonchev–Trinajstić information content (AvgIpc) is 2.82. The molecule has 0 amide bonds. The number of nitrogens with zero attached hydrogens (tertiary/aromatic N) is 4. The van der Waals surface area contributed by atoms with Gasteiger partial charge in [0.15, 0.2) is 0 Å². The molecule has 0 radical (unpaired) electrons. The molecule has 1 saturated heterocycles. The van der Waals surface area contributed by atoms with Gasteiger partial charge in [-0.15, -0.1) is 11.3 Å². The summed E-state index contributed by atoms with van der Waals surface area (Å²) >= 11 is 1.66. The van der Waals surface area contributed by atoms with E-state index in [0.717, 1.165) is 54.8 Å². The van der Waals surface area contributed by atoms with E-state index in [1.165, 1.54) is 0 Å². The van der Waals surface area contributed by atoms with Gasteiger partial charge in [-0.25, -0.2) is 4.98 Å². The van der Waals surface area contributed by atoms with Crippen molar-refractivity contribution < 1.29 is 4.74 Å². The van der Waals surface area contributed by atoms with E-state index >= 15 is 0 Å². The minimum absolute atomic E-state index is 0.431. The smallest absolute Gasteiger partial charge is 0.107 e. The first-order valence-electron chi connectivity index (χ1n) is 7.04. The lowest BCUT2D eigenvalue weighted by atomic mass is 10.3. The Kier molecular flexibility index (Phi) is 5.92. The summed E-state index contributed by atoms with van der Waals surface area (Å²) in [5.74, 6) is 0. The predicted octanol–water partition coefficient (Wildman–Crippen LogP) is 1.49. The third-order valence-corrected chi connectivity index (χ3v) is 4.70. The number of rotatable bonds is 6. The molecule has 0 aliphatic carbocycles. The SMILES string of the molecule is CCN1CCN(Cc2nc(COC)c(CC#N)s2)CC1. The van der Waals surface area contributed by atoms with Crippen molar-refractivity contribution in [1.29, 1.82) is 5.26 Å². The van der Waals surface area contributed by atoms with Crippen LogP contribution in [0, 0.1) is 11.3 Å². The van der Waals surface area contributed by atoms with Crippen LogP contribution in [0.15, 0.2) is 0 Å². The molecule has 5 nitrogen and oxygen atoms in total. The maximum atomic E-state index is 8.87. The third kappa shape index (κ3) is 4.00. The molecule has 0 spiro atoms. The van der Waals surface area contributed by atoms with Gasteiger partial charge in [0, 0.05) is 38.2 Å². The van der Waals surface area contributed by atoms with Gasteiger partial charge in [-0.3, -0.25) is 4.90 Å². The molecule has 0 unspecified atom stereocenters. The topological polar surface area (TPSA) is 52.4 Å². The molecule has 1 aromatic rings. The zero-order chi connectivity index (χ0) is 14.4. The maximum Gasteiger partial charge on any atom is 0.107 e. The summed E-state index contributed by atoms with van der Waals surface area (Å²) in [7, 11) is 1.67. The Hall–Kier alpha value is -1.00. The van der Waals surface area contributed by atoms with Gasteiger partial charge < -0.3 is 9.64 Å². The molecule has 0 atom stereocenters. The monoisotopic (exact) mass is 294 g/mol. The minimum atomic E-state index is 0.431. The number of piperazine rings is 1. The van der Waals surface area contributed by atoms with Crippen molar-refractivity contribution in [3.8, 4) is 6.07 Å². The van der Waals surface area contributed by atoms with E-state index in [2.05, 4.69) is 27.8 Å². The predicted molar refractivity (Wildman–Crippen MR) is 79.5 cm³/mol. The van der Waals surface area contributed by atoms with Crippen LogP contribution < -0.4 is 0 Å². The van der Waals surface area contributed by atoms with Crippen LogP contribution in [0.4, 0.5) is 0 Å².